The second kappa shape index (κ2) is 11.5. The number of hydrogen-bond donors (Lipinski definition) is 4. The second-order valence-electron chi connectivity index (χ2n) is 10.7. The number of amides is 2. The maximum Gasteiger partial charge on any atom is 0.408 e. The number of sulfonamides is 1. The number of aromatic nitrogens is 3. The van der Waals surface area contributed by atoms with Crippen LogP contribution in [0, 0.1) is 0 Å². The van der Waals surface area contributed by atoms with E-state index in [0.717, 1.165) is 5.39 Å². The van der Waals surface area contributed by atoms with E-state index in [2.05, 4.69) is 30.3 Å². The third-order valence-electron chi connectivity index (χ3n) is 6.57. The van der Waals surface area contributed by atoms with Gasteiger partial charge < -0.3 is 25.3 Å². The number of benzene rings is 1. The molecular weight excluding hydrogens is 558 g/mol. The van der Waals surface area contributed by atoms with Crippen LogP contribution in [0.2, 0.25) is 5.02 Å². The number of carbonyl (C=O) groups is 2. The van der Waals surface area contributed by atoms with Crippen LogP contribution in [0.4, 0.5) is 16.3 Å². The first-order valence-electron chi connectivity index (χ1n) is 12.9. The van der Waals surface area contributed by atoms with Gasteiger partial charge in [-0.05, 0) is 70.4 Å². The normalized spacial score (nSPS) is 16.3. The third-order valence-corrected chi connectivity index (χ3v) is 8.54. The van der Waals surface area contributed by atoms with Crippen molar-refractivity contribution in [1.82, 2.24) is 25.6 Å². The highest BCUT2D eigenvalue weighted by Gasteiger charge is 2.45. The number of ether oxygens (including phenoxy) is 1. The molecule has 216 valence electrons. The highest BCUT2D eigenvalue weighted by molar-refractivity contribution is 7.93. The van der Waals surface area contributed by atoms with E-state index < -0.39 is 38.5 Å². The van der Waals surface area contributed by atoms with Crippen LogP contribution >= 0.6 is 11.6 Å². The minimum atomic E-state index is -4.03. The molecule has 12 nitrogen and oxygen atoms in total. The second-order valence-corrected chi connectivity index (χ2v) is 13.0. The van der Waals surface area contributed by atoms with Gasteiger partial charge in [-0.2, -0.15) is 0 Å². The number of nitrogens with zero attached hydrogens (tertiary/aromatic N) is 3. The Balaban J connectivity index is 1.55. The number of rotatable bonds is 8. The van der Waals surface area contributed by atoms with Crippen molar-refractivity contribution in [1.29, 1.82) is 0 Å². The summed E-state index contributed by atoms with van der Waals surface area (Å²) in [5.74, 6) is 0.0968. The lowest BCUT2D eigenvalue weighted by atomic mass is 9.86. The van der Waals surface area contributed by atoms with Crippen LogP contribution in [0.5, 0.6) is 0 Å². The molecule has 0 spiro atoms. The lowest BCUT2D eigenvalue weighted by Gasteiger charge is -2.42. The molecule has 14 heteroatoms. The molecule has 1 aliphatic heterocycles. The number of aromatic amines is 1. The minimum Gasteiger partial charge on any atom is -0.444 e. The van der Waals surface area contributed by atoms with Crippen LogP contribution in [-0.2, 0) is 19.6 Å². The molecule has 3 aromatic rings. The van der Waals surface area contributed by atoms with Gasteiger partial charge in [-0.1, -0.05) is 18.5 Å². The Hall–Kier alpha value is -3.58. The van der Waals surface area contributed by atoms with Gasteiger partial charge in [0.15, 0.2) is 5.37 Å². The molecule has 0 saturated carbocycles. The van der Waals surface area contributed by atoms with E-state index in [-0.39, 0.29) is 19.3 Å². The van der Waals surface area contributed by atoms with Crippen LogP contribution in [0.25, 0.3) is 11.0 Å². The zero-order chi connectivity index (χ0) is 29.1. The van der Waals surface area contributed by atoms with E-state index in [0.29, 0.717) is 35.3 Å². The number of piperidine rings is 1. The zero-order valence-electron chi connectivity index (χ0n) is 22.8. The third kappa shape index (κ3) is 6.76. The Bertz CT molecular complexity index is 1460. The van der Waals surface area contributed by atoms with Crippen molar-refractivity contribution in [3.8, 4) is 0 Å². The van der Waals surface area contributed by atoms with Crippen LogP contribution in [0.15, 0.2) is 42.9 Å². The zero-order valence-corrected chi connectivity index (χ0v) is 24.4. The fourth-order valence-corrected chi connectivity index (χ4v) is 5.99. The molecule has 4 N–H and O–H groups in total. The summed E-state index contributed by atoms with van der Waals surface area (Å²) in [6.07, 6.45) is 2.95. The Morgan fingerprint density at radius 1 is 1.15 bits per heavy atom. The quantitative estimate of drug-likeness (QED) is 0.308. The Labute approximate surface area is 238 Å². The molecule has 1 atom stereocenters. The van der Waals surface area contributed by atoms with Crippen molar-refractivity contribution in [2.75, 3.05) is 22.7 Å². The summed E-state index contributed by atoms with van der Waals surface area (Å²) in [5, 5.41) is 5.47. The number of anilines is 2. The molecule has 40 heavy (non-hydrogen) atoms. The summed E-state index contributed by atoms with van der Waals surface area (Å²) in [6.45, 7) is 7.56. The molecular formula is C26H34ClN7O5S. The van der Waals surface area contributed by atoms with Gasteiger partial charge in [0, 0.05) is 30.0 Å². The van der Waals surface area contributed by atoms with Crippen molar-refractivity contribution in [2.45, 2.75) is 63.5 Å². The maximum absolute atomic E-state index is 13.8. The number of alkyl carbamates (subject to hydrolysis) is 1. The summed E-state index contributed by atoms with van der Waals surface area (Å²) in [6, 6.07) is 8.06. The van der Waals surface area contributed by atoms with E-state index >= 15 is 0 Å². The van der Waals surface area contributed by atoms with Gasteiger partial charge in [0.05, 0.1) is 5.39 Å². The number of hydrogen-bond acceptors (Lipinski definition) is 8. The SMILES string of the molecule is CCC(NC(=O)C1(NC(=O)OC(C)(C)C)CCN(c2ncnc3[nH]ccc23)CC1)S(=O)(=O)Nc1ccc(Cl)cc1. The fraction of sp³-hybridized carbons (Fsp3) is 0.462. The summed E-state index contributed by atoms with van der Waals surface area (Å²) >= 11 is 5.91. The van der Waals surface area contributed by atoms with E-state index in [1.54, 1.807) is 46.0 Å². The largest absolute Gasteiger partial charge is 0.444 e. The monoisotopic (exact) mass is 591 g/mol. The predicted octanol–water partition coefficient (Wildman–Crippen LogP) is 3.77. The molecule has 0 bridgehead atoms. The van der Waals surface area contributed by atoms with Gasteiger partial charge in [-0.25, -0.2) is 23.2 Å². The average molecular weight is 592 g/mol. The molecule has 0 radical (unpaired) electrons. The Morgan fingerprint density at radius 3 is 2.45 bits per heavy atom. The van der Waals surface area contributed by atoms with Gasteiger partial charge in [0.1, 0.15) is 28.9 Å². The first-order chi connectivity index (χ1) is 18.8. The van der Waals surface area contributed by atoms with Gasteiger partial charge >= 0.3 is 6.09 Å². The molecule has 4 rings (SSSR count). The van der Waals surface area contributed by atoms with Crippen molar-refractivity contribution in [3.05, 3.63) is 47.9 Å². The lowest BCUT2D eigenvalue weighted by Crippen LogP contribution is -2.65. The first-order valence-corrected chi connectivity index (χ1v) is 14.9. The van der Waals surface area contributed by atoms with Crippen LogP contribution in [0.1, 0.15) is 47.0 Å². The van der Waals surface area contributed by atoms with E-state index in [1.807, 2.05) is 11.0 Å². The lowest BCUT2D eigenvalue weighted by molar-refractivity contribution is -0.128. The average Bonchev–Trinajstić information content (AvgIpc) is 3.37. The molecule has 3 heterocycles. The molecule has 1 aliphatic rings. The molecule has 2 aromatic heterocycles. The molecule has 1 fully saturated rings. The maximum atomic E-state index is 13.8. The van der Waals surface area contributed by atoms with Crippen LogP contribution in [-0.4, -0.2) is 65.0 Å². The highest BCUT2D eigenvalue weighted by atomic mass is 35.5. The molecule has 1 aromatic carbocycles. The Morgan fingerprint density at radius 2 is 1.82 bits per heavy atom. The van der Waals surface area contributed by atoms with Gasteiger partial charge in [0.25, 0.3) is 10.0 Å². The minimum absolute atomic E-state index is 0.0930. The standard InChI is InChI=1S/C26H34ClN7O5S/c1-5-20(40(37,38)33-18-8-6-17(27)7-9-18)31-23(35)26(32-24(36)39-25(2,3)4)11-14-34(15-12-26)22-19-10-13-28-21(19)29-16-30-22/h6-10,13,16,20,33H,5,11-12,14-15H2,1-4H3,(H,31,35)(H,32,36)(H,28,29,30). The van der Waals surface area contributed by atoms with Crippen molar-refractivity contribution in [3.63, 3.8) is 0 Å². The first kappa shape index (κ1) is 29.4. The van der Waals surface area contributed by atoms with Crippen molar-refractivity contribution >= 4 is 56.2 Å². The Kier molecular flexibility index (Phi) is 8.45. The molecule has 0 aliphatic carbocycles. The summed E-state index contributed by atoms with van der Waals surface area (Å²) in [4.78, 5) is 40.4. The molecule has 1 unspecified atom stereocenters. The number of H-pyrrole nitrogens is 1. The van der Waals surface area contributed by atoms with Crippen LogP contribution in [0.3, 0.4) is 0 Å². The molecule has 2 amide bonds. The van der Waals surface area contributed by atoms with E-state index in [9.17, 15) is 18.0 Å². The fourth-order valence-electron chi connectivity index (χ4n) is 4.56. The van der Waals surface area contributed by atoms with Crippen molar-refractivity contribution in [2.24, 2.45) is 0 Å². The van der Waals surface area contributed by atoms with Crippen molar-refractivity contribution < 1.29 is 22.7 Å². The number of carbonyl (C=O) groups excluding carboxylic acids is 2. The summed E-state index contributed by atoms with van der Waals surface area (Å²) < 4.78 is 34.3. The van der Waals surface area contributed by atoms with E-state index in [4.69, 9.17) is 16.3 Å². The number of halogens is 1. The van der Waals surface area contributed by atoms with Crippen LogP contribution < -0.4 is 20.3 Å². The van der Waals surface area contributed by atoms with Gasteiger partial charge in [-0.15, -0.1) is 0 Å². The molecule has 1 saturated heterocycles. The number of nitrogens with one attached hydrogen (secondary N) is 4. The van der Waals surface area contributed by atoms with Gasteiger partial charge in [0.2, 0.25) is 5.91 Å². The smallest absolute Gasteiger partial charge is 0.408 e. The predicted molar refractivity (Wildman–Crippen MR) is 154 cm³/mol. The summed E-state index contributed by atoms with van der Waals surface area (Å²) in [7, 11) is -4.03. The summed E-state index contributed by atoms with van der Waals surface area (Å²) in [5.41, 5.74) is -1.20. The highest BCUT2D eigenvalue weighted by Crippen LogP contribution is 2.30. The number of fused-ring (bicyclic) bond motifs is 1. The van der Waals surface area contributed by atoms with Gasteiger partial charge in [-0.3, -0.25) is 9.52 Å². The topological polar surface area (TPSA) is 158 Å². The van der Waals surface area contributed by atoms with E-state index in [1.165, 1.54) is 18.5 Å².